The minimum Gasteiger partial charge on any atom is -0.497 e. The maximum atomic E-state index is 14.0. The smallest absolute Gasteiger partial charge is 0.312 e. The van der Waals surface area contributed by atoms with Crippen molar-refractivity contribution < 1.29 is 62.5 Å². The van der Waals surface area contributed by atoms with Gasteiger partial charge in [0.05, 0.1) is 55.7 Å². The Morgan fingerprint density at radius 2 is 1.64 bits per heavy atom. The van der Waals surface area contributed by atoms with Gasteiger partial charge in [-0.3, -0.25) is 19.2 Å². The van der Waals surface area contributed by atoms with Crippen LogP contribution in [0.15, 0.2) is 36.6 Å². The number of aliphatic hydroxyl groups excluding tert-OH is 1. The summed E-state index contributed by atoms with van der Waals surface area (Å²) < 4.78 is 43.2. The Morgan fingerprint density at radius 1 is 1.00 bits per heavy atom. The van der Waals surface area contributed by atoms with E-state index in [9.17, 15) is 29.4 Å². The van der Waals surface area contributed by atoms with Crippen LogP contribution < -0.4 is 4.74 Å². The molecule has 314 valence electrons. The van der Waals surface area contributed by atoms with Gasteiger partial charge in [0.2, 0.25) is 0 Å². The van der Waals surface area contributed by atoms with Crippen LogP contribution >= 0.6 is 0 Å². The van der Waals surface area contributed by atoms with Gasteiger partial charge in [-0.05, 0) is 72.3 Å². The molecule has 2 saturated heterocycles. The Kier molecular flexibility index (Phi) is 14.9. The summed E-state index contributed by atoms with van der Waals surface area (Å²) in [6, 6.07) is 6.72. The number of nitrogens with zero attached hydrogens (tertiary/aromatic N) is 1. The van der Waals surface area contributed by atoms with Gasteiger partial charge in [0, 0.05) is 36.9 Å². The van der Waals surface area contributed by atoms with Gasteiger partial charge < -0.3 is 48.3 Å². The fourth-order valence-electron chi connectivity index (χ4n) is 8.48. The average molecular weight is 790 g/mol. The summed E-state index contributed by atoms with van der Waals surface area (Å²) in [4.78, 5) is 55.7. The molecular weight excluding hydrogens is 726 g/mol. The third-order valence-corrected chi connectivity index (χ3v) is 12.1. The van der Waals surface area contributed by atoms with Gasteiger partial charge in [0.1, 0.15) is 29.3 Å². The molecular formula is C42H63NO13. The Labute approximate surface area is 331 Å². The topological polar surface area (TPSA) is 177 Å². The summed E-state index contributed by atoms with van der Waals surface area (Å²) in [5.74, 6) is -5.64. The van der Waals surface area contributed by atoms with Gasteiger partial charge >= 0.3 is 11.9 Å². The highest BCUT2D eigenvalue weighted by Crippen LogP contribution is 2.51. The maximum absolute atomic E-state index is 14.0. The quantitative estimate of drug-likeness (QED) is 0.189. The molecule has 14 heteroatoms. The highest BCUT2D eigenvalue weighted by molar-refractivity contribution is 5.87. The zero-order valence-electron chi connectivity index (χ0n) is 34.9. The SMILES string of the molecule is COc1ccc(CC(=O)O[C@H]2[C@H](C)[C@@H](O[C@@H]3O[C@H](C)C[C@H](N(C)C)[C@H]3O/C=C/C(C)=O)[C@@](C)(OC)C[C@@H](C)C(=O)[C@H](C)[C@@H](O)[C@@]3(O)C(C)[C@H]3OC(=O)[C@@H]2C)cc1. The van der Waals surface area contributed by atoms with E-state index in [4.69, 9.17) is 33.2 Å². The van der Waals surface area contributed by atoms with E-state index < -0.39 is 89.5 Å². The van der Waals surface area contributed by atoms with Crippen LogP contribution in [0.3, 0.4) is 0 Å². The van der Waals surface area contributed by atoms with Crippen molar-refractivity contribution in [2.24, 2.45) is 29.6 Å². The highest BCUT2D eigenvalue weighted by atomic mass is 16.7. The van der Waals surface area contributed by atoms with E-state index in [1.54, 1.807) is 72.9 Å². The molecule has 1 aliphatic carbocycles. The van der Waals surface area contributed by atoms with Crippen molar-refractivity contribution in [3.8, 4) is 5.75 Å². The minimum absolute atomic E-state index is 0.0757. The van der Waals surface area contributed by atoms with Crippen molar-refractivity contribution in [3.05, 3.63) is 42.2 Å². The fourth-order valence-corrected chi connectivity index (χ4v) is 8.48. The van der Waals surface area contributed by atoms with E-state index in [0.717, 1.165) is 0 Å². The number of Topliss-reactive ketones (excluding diaryl/α,β-unsaturated/α-hetero) is 1. The van der Waals surface area contributed by atoms with E-state index in [1.165, 1.54) is 26.4 Å². The molecule has 14 nitrogen and oxygen atoms in total. The number of rotatable bonds is 11. The highest BCUT2D eigenvalue weighted by Gasteiger charge is 2.70. The third kappa shape index (κ3) is 9.82. The Bertz CT molecular complexity index is 1570. The summed E-state index contributed by atoms with van der Waals surface area (Å²) >= 11 is 0. The first-order valence-corrected chi connectivity index (χ1v) is 19.5. The van der Waals surface area contributed by atoms with Crippen LogP contribution in [0.2, 0.25) is 0 Å². The standard InChI is InChI=1S/C42H63NO13/c1-22-21-41(8,51-12)37(56-40-35(52-18-17-23(2)44)31(43(9)10)19-24(3)53-40)26(5)34(54-32(45)20-29-13-15-30(50-11)16-14-29)27(6)39(48)55-38-28(7)42(38,49)36(47)25(4)33(22)46/h13-18,22,24-28,31,34-38,40,47,49H,19-21H2,1-12H3/b18-17+/t22-,24-,25+,26+,27-,28?,31+,34+,35-,36-,37-,38-,40+,41+,42+/m1/s1. The van der Waals surface area contributed by atoms with Crippen LogP contribution in [0.25, 0.3) is 0 Å². The summed E-state index contributed by atoms with van der Waals surface area (Å²) in [5, 5.41) is 22.9. The molecule has 0 bridgehead atoms. The molecule has 4 rings (SSSR count). The third-order valence-electron chi connectivity index (χ3n) is 12.1. The van der Waals surface area contributed by atoms with Gasteiger partial charge in [-0.25, -0.2) is 0 Å². The van der Waals surface area contributed by atoms with Crippen LogP contribution in [0.4, 0.5) is 0 Å². The normalized spacial score (nSPS) is 39.7. The number of likely N-dealkylation sites (N-methyl/N-ethyl adjacent to an activating group) is 1. The van der Waals surface area contributed by atoms with Crippen LogP contribution in [-0.4, -0.2) is 127 Å². The zero-order chi connectivity index (χ0) is 41.9. The monoisotopic (exact) mass is 789 g/mol. The van der Waals surface area contributed by atoms with Crippen molar-refractivity contribution in [2.75, 3.05) is 28.3 Å². The number of aliphatic hydroxyl groups is 2. The molecule has 2 heterocycles. The molecule has 3 fully saturated rings. The summed E-state index contributed by atoms with van der Waals surface area (Å²) in [6.07, 6.45) is -3.77. The summed E-state index contributed by atoms with van der Waals surface area (Å²) in [7, 11) is 6.84. The van der Waals surface area contributed by atoms with Crippen LogP contribution in [-0.2, 0) is 54.0 Å². The van der Waals surface area contributed by atoms with Gasteiger partial charge in [0.25, 0.3) is 0 Å². The number of esters is 2. The molecule has 1 aromatic carbocycles. The van der Waals surface area contributed by atoms with Crippen LogP contribution in [0, 0.1) is 29.6 Å². The van der Waals surface area contributed by atoms with E-state index in [1.807, 2.05) is 25.9 Å². The largest absolute Gasteiger partial charge is 0.497 e. The molecule has 15 atom stereocenters. The molecule has 2 aliphatic heterocycles. The number of benzene rings is 1. The lowest BCUT2D eigenvalue weighted by molar-refractivity contribution is -0.302. The minimum atomic E-state index is -1.85. The lowest BCUT2D eigenvalue weighted by Gasteiger charge is -2.48. The molecule has 3 aliphatic rings. The second-order valence-electron chi connectivity index (χ2n) is 16.6. The van der Waals surface area contributed by atoms with Gasteiger partial charge in [-0.15, -0.1) is 0 Å². The molecule has 0 aromatic heterocycles. The van der Waals surface area contributed by atoms with Crippen LogP contribution in [0.5, 0.6) is 5.75 Å². The van der Waals surface area contributed by atoms with E-state index >= 15 is 0 Å². The van der Waals surface area contributed by atoms with Crippen molar-refractivity contribution in [1.29, 1.82) is 0 Å². The first-order valence-electron chi connectivity index (χ1n) is 19.5. The number of carbonyl (C=O) groups excluding carboxylic acids is 4. The number of hydrogen-bond acceptors (Lipinski definition) is 14. The summed E-state index contributed by atoms with van der Waals surface area (Å²) in [5.41, 5.74) is -2.50. The number of hydrogen-bond donors (Lipinski definition) is 2. The number of ether oxygens (including phenoxy) is 7. The second-order valence-corrected chi connectivity index (χ2v) is 16.6. The Hall–Kier alpha value is -3.40. The average Bonchev–Trinajstić information content (AvgIpc) is 3.68. The predicted molar refractivity (Wildman–Crippen MR) is 204 cm³/mol. The molecule has 56 heavy (non-hydrogen) atoms. The number of carbonyl (C=O) groups is 4. The molecule has 0 spiro atoms. The molecule has 0 radical (unpaired) electrons. The van der Waals surface area contributed by atoms with E-state index in [0.29, 0.717) is 17.7 Å². The predicted octanol–water partition coefficient (Wildman–Crippen LogP) is 3.66. The number of fused-ring (bicyclic) bond motifs is 1. The first kappa shape index (κ1) is 45.3. The Balaban J connectivity index is 1.83. The number of allylic oxidation sites excluding steroid dienone is 1. The molecule has 2 N–H and O–H groups in total. The first-order chi connectivity index (χ1) is 26.2. The van der Waals surface area contributed by atoms with Crippen molar-refractivity contribution in [2.45, 2.75) is 135 Å². The summed E-state index contributed by atoms with van der Waals surface area (Å²) in [6.45, 7) is 13.4. The Morgan fingerprint density at radius 3 is 2.21 bits per heavy atom. The van der Waals surface area contributed by atoms with Gasteiger partial charge in [-0.1, -0.05) is 39.8 Å². The molecule has 1 saturated carbocycles. The van der Waals surface area contributed by atoms with Crippen LogP contribution in [0.1, 0.15) is 73.8 Å². The second kappa shape index (κ2) is 18.5. The maximum Gasteiger partial charge on any atom is 0.312 e. The number of ketones is 2. The van der Waals surface area contributed by atoms with E-state index in [2.05, 4.69) is 0 Å². The van der Waals surface area contributed by atoms with Gasteiger partial charge in [-0.2, -0.15) is 0 Å². The number of methoxy groups -OCH3 is 2. The fraction of sp³-hybridized carbons (Fsp3) is 0.714. The molecule has 1 aromatic rings. The lowest BCUT2D eigenvalue weighted by Crippen LogP contribution is -2.60. The lowest BCUT2D eigenvalue weighted by atomic mass is 9.75. The van der Waals surface area contributed by atoms with E-state index in [-0.39, 0.29) is 36.6 Å². The molecule has 0 amide bonds. The van der Waals surface area contributed by atoms with Crippen molar-refractivity contribution in [3.63, 3.8) is 0 Å². The van der Waals surface area contributed by atoms with Crippen molar-refractivity contribution >= 4 is 23.5 Å². The zero-order valence-corrected chi connectivity index (χ0v) is 34.9. The molecule has 1 unspecified atom stereocenters. The van der Waals surface area contributed by atoms with Gasteiger partial charge in [0.15, 0.2) is 18.2 Å². The van der Waals surface area contributed by atoms with Crippen molar-refractivity contribution in [1.82, 2.24) is 4.90 Å².